The first-order valence-electron chi connectivity index (χ1n) is 13.5. The summed E-state index contributed by atoms with van der Waals surface area (Å²) in [6.07, 6.45) is 22.7. The summed E-state index contributed by atoms with van der Waals surface area (Å²) in [7, 11) is 0. The summed E-state index contributed by atoms with van der Waals surface area (Å²) in [6, 6.07) is 0. The lowest BCUT2D eigenvalue weighted by atomic mass is 9.81. The molecule has 0 bridgehead atoms. The predicted octanol–water partition coefficient (Wildman–Crippen LogP) is 8.07. The molecule has 0 amide bonds. The van der Waals surface area contributed by atoms with E-state index in [1.54, 1.807) is 0 Å². The minimum absolute atomic E-state index is 0.0165. The van der Waals surface area contributed by atoms with E-state index in [2.05, 4.69) is 13.8 Å². The molecule has 1 saturated carbocycles. The Balaban J connectivity index is 2.24. The molecule has 1 aliphatic carbocycles. The first-order chi connectivity index (χ1) is 15.1. The van der Waals surface area contributed by atoms with Gasteiger partial charge in [0.2, 0.25) is 0 Å². The van der Waals surface area contributed by atoms with Crippen molar-refractivity contribution in [1.82, 2.24) is 0 Å². The average molecular weight is 439 g/mol. The van der Waals surface area contributed by atoms with Gasteiger partial charge in [0, 0.05) is 0 Å². The van der Waals surface area contributed by atoms with E-state index in [1.807, 2.05) is 0 Å². The van der Waals surface area contributed by atoms with Crippen LogP contribution in [0.15, 0.2) is 0 Å². The Kier molecular flexibility index (Phi) is 16.7. The van der Waals surface area contributed by atoms with Crippen molar-refractivity contribution in [2.75, 3.05) is 0 Å². The highest BCUT2D eigenvalue weighted by atomic mass is 16.5. The number of carboxylic acid groups (broad SMARTS) is 1. The summed E-state index contributed by atoms with van der Waals surface area (Å²) in [6.45, 7) is 4.46. The second-order valence-electron chi connectivity index (χ2n) is 9.78. The molecule has 182 valence electrons. The third-order valence-corrected chi connectivity index (χ3v) is 6.90. The third kappa shape index (κ3) is 13.9. The second-order valence-corrected chi connectivity index (χ2v) is 9.78. The molecular formula is C27H50O4. The van der Waals surface area contributed by atoms with E-state index in [9.17, 15) is 14.7 Å². The van der Waals surface area contributed by atoms with Crippen LogP contribution < -0.4 is 0 Å². The molecule has 3 atom stereocenters. The van der Waals surface area contributed by atoms with Crippen molar-refractivity contribution in [3.8, 4) is 0 Å². The summed E-state index contributed by atoms with van der Waals surface area (Å²) in [5.74, 6) is -1.51. The Morgan fingerprint density at radius 2 is 1.19 bits per heavy atom. The number of aliphatic carboxylic acids is 1. The number of rotatable bonds is 19. The Morgan fingerprint density at radius 3 is 1.74 bits per heavy atom. The zero-order valence-corrected chi connectivity index (χ0v) is 20.5. The van der Waals surface area contributed by atoms with E-state index in [4.69, 9.17) is 4.74 Å². The fraction of sp³-hybridized carbons (Fsp3) is 0.926. The van der Waals surface area contributed by atoms with Gasteiger partial charge >= 0.3 is 11.9 Å². The molecule has 4 nitrogen and oxygen atoms in total. The van der Waals surface area contributed by atoms with Gasteiger partial charge in [0.15, 0.2) is 0 Å². The van der Waals surface area contributed by atoms with E-state index < -0.39 is 5.97 Å². The van der Waals surface area contributed by atoms with Crippen molar-refractivity contribution in [3.63, 3.8) is 0 Å². The molecule has 0 aliphatic heterocycles. The van der Waals surface area contributed by atoms with E-state index >= 15 is 0 Å². The van der Waals surface area contributed by atoms with Crippen LogP contribution >= 0.6 is 0 Å². The fourth-order valence-corrected chi connectivity index (χ4v) is 4.81. The Morgan fingerprint density at radius 1 is 0.742 bits per heavy atom. The maximum Gasteiger partial charge on any atom is 0.309 e. The molecule has 31 heavy (non-hydrogen) atoms. The predicted molar refractivity (Wildman–Crippen MR) is 128 cm³/mol. The first-order valence-corrected chi connectivity index (χ1v) is 13.5. The third-order valence-electron chi connectivity index (χ3n) is 6.90. The molecule has 0 heterocycles. The van der Waals surface area contributed by atoms with Gasteiger partial charge in [-0.2, -0.15) is 0 Å². The molecule has 4 heteroatoms. The summed E-state index contributed by atoms with van der Waals surface area (Å²) in [5.41, 5.74) is 0. The normalized spacial score (nSPS) is 19.8. The Bertz CT molecular complexity index is 462. The van der Waals surface area contributed by atoms with Crippen molar-refractivity contribution < 1.29 is 19.4 Å². The quantitative estimate of drug-likeness (QED) is 0.163. The zero-order valence-electron chi connectivity index (χ0n) is 20.5. The highest BCUT2D eigenvalue weighted by molar-refractivity contribution is 5.75. The minimum atomic E-state index is -0.766. The number of carbonyl (C=O) groups excluding carboxylic acids is 1. The molecule has 1 N–H and O–H groups in total. The molecule has 1 aliphatic rings. The molecular weight excluding hydrogens is 388 g/mol. The number of hydrogen-bond donors (Lipinski definition) is 1. The minimum Gasteiger partial charge on any atom is -0.481 e. The van der Waals surface area contributed by atoms with Gasteiger partial charge in [0.1, 0.15) is 6.10 Å². The van der Waals surface area contributed by atoms with Crippen LogP contribution in [0.1, 0.15) is 142 Å². The van der Waals surface area contributed by atoms with Crippen LogP contribution in [0.3, 0.4) is 0 Å². The maximum atomic E-state index is 12.7. The van der Waals surface area contributed by atoms with Crippen molar-refractivity contribution in [1.29, 1.82) is 0 Å². The second kappa shape index (κ2) is 18.5. The Hall–Kier alpha value is -1.06. The lowest BCUT2D eigenvalue weighted by Crippen LogP contribution is -2.31. The average Bonchev–Trinajstić information content (AvgIpc) is 2.77. The maximum absolute atomic E-state index is 12.7. The van der Waals surface area contributed by atoms with Crippen molar-refractivity contribution >= 4 is 11.9 Å². The van der Waals surface area contributed by atoms with Gasteiger partial charge in [0.25, 0.3) is 0 Å². The lowest BCUT2D eigenvalue weighted by molar-refractivity contribution is -0.158. The molecule has 3 unspecified atom stereocenters. The molecule has 0 saturated heterocycles. The van der Waals surface area contributed by atoms with Crippen LogP contribution in [0.25, 0.3) is 0 Å². The number of carbonyl (C=O) groups is 2. The topological polar surface area (TPSA) is 63.6 Å². The van der Waals surface area contributed by atoms with Gasteiger partial charge in [-0.15, -0.1) is 0 Å². The molecule has 0 aromatic heterocycles. The van der Waals surface area contributed by atoms with Crippen molar-refractivity contribution in [3.05, 3.63) is 0 Å². The summed E-state index contributed by atoms with van der Waals surface area (Å²) in [4.78, 5) is 24.0. The molecule has 1 rings (SSSR count). The van der Waals surface area contributed by atoms with Crippen LogP contribution in [-0.2, 0) is 14.3 Å². The van der Waals surface area contributed by atoms with Crippen LogP contribution in [0.4, 0.5) is 0 Å². The number of hydrogen-bond acceptors (Lipinski definition) is 3. The Labute approximate surface area is 191 Å². The lowest BCUT2D eigenvalue weighted by Gasteiger charge is -2.27. The van der Waals surface area contributed by atoms with Crippen LogP contribution in [0.2, 0.25) is 0 Å². The van der Waals surface area contributed by atoms with E-state index in [-0.39, 0.29) is 23.9 Å². The van der Waals surface area contributed by atoms with E-state index in [0.717, 1.165) is 38.5 Å². The monoisotopic (exact) mass is 438 g/mol. The largest absolute Gasteiger partial charge is 0.481 e. The number of ether oxygens (including phenoxy) is 1. The van der Waals surface area contributed by atoms with E-state index in [1.165, 1.54) is 77.0 Å². The highest BCUT2D eigenvalue weighted by Gasteiger charge is 2.32. The molecule has 1 fully saturated rings. The molecule has 0 radical (unpaired) electrons. The standard InChI is InChI=1S/C27H50O4/c1-3-5-7-8-9-10-11-12-13-14-16-21-25(20-15-6-4-2)31-27(30)24-19-17-18-23(22-24)26(28)29/h23-25H,3-22H2,1-2H3,(H,28,29). The van der Waals surface area contributed by atoms with Gasteiger partial charge in [-0.25, -0.2) is 0 Å². The summed E-state index contributed by atoms with van der Waals surface area (Å²) in [5, 5.41) is 9.28. The van der Waals surface area contributed by atoms with Gasteiger partial charge in [-0.05, 0) is 44.9 Å². The first kappa shape index (κ1) is 28.0. The van der Waals surface area contributed by atoms with Crippen LogP contribution in [0.5, 0.6) is 0 Å². The van der Waals surface area contributed by atoms with Crippen molar-refractivity contribution in [2.45, 2.75) is 148 Å². The van der Waals surface area contributed by atoms with Gasteiger partial charge < -0.3 is 9.84 Å². The highest BCUT2D eigenvalue weighted by Crippen LogP contribution is 2.31. The van der Waals surface area contributed by atoms with Gasteiger partial charge in [-0.3, -0.25) is 9.59 Å². The van der Waals surface area contributed by atoms with Gasteiger partial charge in [0.05, 0.1) is 11.8 Å². The molecule has 0 aromatic carbocycles. The van der Waals surface area contributed by atoms with Crippen LogP contribution in [-0.4, -0.2) is 23.1 Å². The smallest absolute Gasteiger partial charge is 0.309 e. The fourth-order valence-electron chi connectivity index (χ4n) is 4.81. The SMILES string of the molecule is CCCCCCCCCCCCCC(CCCCC)OC(=O)C1CCCC(C(=O)O)C1. The molecule has 0 spiro atoms. The number of carboxylic acids is 1. The zero-order chi connectivity index (χ0) is 22.7. The number of esters is 1. The van der Waals surface area contributed by atoms with Crippen molar-refractivity contribution in [2.24, 2.45) is 11.8 Å². The van der Waals surface area contributed by atoms with E-state index in [0.29, 0.717) is 12.8 Å². The number of unbranched alkanes of at least 4 members (excludes halogenated alkanes) is 12. The van der Waals surface area contributed by atoms with Crippen LogP contribution in [0, 0.1) is 11.8 Å². The van der Waals surface area contributed by atoms with Gasteiger partial charge in [-0.1, -0.05) is 97.3 Å². The summed E-state index contributed by atoms with van der Waals surface area (Å²) >= 11 is 0. The summed E-state index contributed by atoms with van der Waals surface area (Å²) < 4.78 is 5.92. The molecule has 0 aromatic rings.